The molecule has 4 heterocycles. The van der Waals surface area contributed by atoms with Crippen molar-refractivity contribution >= 4 is 21.6 Å². The number of fused-ring (bicyclic) bond motifs is 1. The minimum absolute atomic E-state index is 0.294. The Morgan fingerprint density at radius 3 is 2.88 bits per heavy atom. The molecule has 6 heteroatoms. The molecule has 1 aliphatic heterocycles. The first kappa shape index (κ1) is 15.6. The molecule has 0 aliphatic carbocycles. The number of aromatic nitrogens is 3. The lowest BCUT2D eigenvalue weighted by molar-refractivity contribution is 0.0967. The summed E-state index contributed by atoms with van der Waals surface area (Å²) in [5, 5.41) is 6.50. The quantitative estimate of drug-likeness (QED) is 0.729. The number of nitrogens with zero attached hydrogens (tertiary/aromatic N) is 4. The third kappa shape index (κ3) is 3.16. The maximum Gasteiger partial charge on any atom is 0.140 e. The molecule has 0 radical (unpaired) electrons. The third-order valence-corrected chi connectivity index (χ3v) is 5.54. The highest BCUT2D eigenvalue weighted by molar-refractivity contribution is 7.17. The molecule has 0 amide bonds. The minimum Gasteiger partial charge on any atom is -0.489 e. The van der Waals surface area contributed by atoms with Gasteiger partial charge >= 0.3 is 0 Å². The van der Waals surface area contributed by atoms with E-state index in [-0.39, 0.29) is 0 Å². The zero-order chi connectivity index (χ0) is 16.5. The third-order valence-electron chi connectivity index (χ3n) is 4.62. The van der Waals surface area contributed by atoms with Gasteiger partial charge in [-0.25, -0.2) is 0 Å². The van der Waals surface area contributed by atoms with Gasteiger partial charge in [0.15, 0.2) is 0 Å². The molecule has 5 nitrogen and oxygen atoms in total. The van der Waals surface area contributed by atoms with Crippen LogP contribution in [0.2, 0.25) is 0 Å². The van der Waals surface area contributed by atoms with E-state index in [0.29, 0.717) is 6.10 Å². The van der Waals surface area contributed by atoms with Crippen LogP contribution in [0, 0.1) is 6.92 Å². The molecule has 3 aromatic rings. The van der Waals surface area contributed by atoms with Gasteiger partial charge in [-0.3, -0.25) is 14.6 Å². The van der Waals surface area contributed by atoms with Crippen LogP contribution in [0.1, 0.15) is 24.2 Å². The zero-order valence-corrected chi connectivity index (χ0v) is 14.9. The topological polar surface area (TPSA) is 43.2 Å². The van der Waals surface area contributed by atoms with Gasteiger partial charge in [0.05, 0.1) is 21.6 Å². The van der Waals surface area contributed by atoms with Gasteiger partial charge in [-0.05, 0) is 43.3 Å². The fourth-order valence-electron chi connectivity index (χ4n) is 3.35. The fourth-order valence-corrected chi connectivity index (χ4v) is 4.16. The monoisotopic (exact) mass is 342 g/mol. The summed E-state index contributed by atoms with van der Waals surface area (Å²) in [6.45, 7) is 5.14. The number of ether oxygens (including phenoxy) is 1. The van der Waals surface area contributed by atoms with Crippen molar-refractivity contribution in [3.63, 3.8) is 0 Å². The average Bonchev–Trinajstić information content (AvgIpc) is 3.16. The standard InChI is InChI=1S/C18H22N4OS/c1-13-11-14(21(2)20-13)12-22-8-4-15(5-9-22)23-17-3-7-19-16-6-10-24-18(16)17/h3,6-7,10-11,15H,4-5,8-9,12H2,1-2H3. The van der Waals surface area contributed by atoms with Gasteiger partial charge in [0.2, 0.25) is 0 Å². The normalized spacial score (nSPS) is 16.8. The van der Waals surface area contributed by atoms with E-state index in [0.717, 1.165) is 54.1 Å². The van der Waals surface area contributed by atoms with Gasteiger partial charge in [0, 0.05) is 32.9 Å². The Bertz CT molecular complexity index is 833. The Morgan fingerprint density at radius 2 is 2.12 bits per heavy atom. The second kappa shape index (κ2) is 6.53. The SMILES string of the molecule is Cc1cc(CN2CCC(Oc3ccnc4ccsc34)CC2)n(C)n1. The smallest absolute Gasteiger partial charge is 0.140 e. The first-order valence-electron chi connectivity index (χ1n) is 8.40. The Kier molecular flexibility index (Phi) is 4.24. The number of thiophene rings is 1. The molecule has 0 saturated carbocycles. The van der Waals surface area contributed by atoms with Crippen LogP contribution in [0.4, 0.5) is 0 Å². The van der Waals surface area contributed by atoms with E-state index in [1.165, 1.54) is 5.69 Å². The summed E-state index contributed by atoms with van der Waals surface area (Å²) >= 11 is 1.70. The Hall–Kier alpha value is -1.92. The summed E-state index contributed by atoms with van der Waals surface area (Å²) in [4.78, 5) is 6.87. The van der Waals surface area contributed by atoms with Gasteiger partial charge in [0.1, 0.15) is 11.9 Å². The average molecular weight is 342 g/mol. The van der Waals surface area contributed by atoms with Gasteiger partial charge in [-0.1, -0.05) is 0 Å². The molecule has 0 unspecified atom stereocenters. The van der Waals surface area contributed by atoms with E-state index in [1.54, 1.807) is 11.3 Å². The predicted octanol–water partition coefficient (Wildman–Crippen LogP) is 3.38. The number of aryl methyl sites for hydroxylation is 2. The minimum atomic E-state index is 0.294. The zero-order valence-electron chi connectivity index (χ0n) is 14.1. The van der Waals surface area contributed by atoms with Crippen LogP contribution in [0.15, 0.2) is 29.8 Å². The molecule has 4 rings (SSSR count). The Balaban J connectivity index is 1.36. The second-order valence-electron chi connectivity index (χ2n) is 6.44. The molecular weight excluding hydrogens is 320 g/mol. The van der Waals surface area contributed by atoms with Crippen LogP contribution in [0.25, 0.3) is 10.2 Å². The molecule has 126 valence electrons. The van der Waals surface area contributed by atoms with Crippen molar-refractivity contribution < 1.29 is 4.74 Å². The van der Waals surface area contributed by atoms with Crippen molar-refractivity contribution in [3.05, 3.63) is 41.2 Å². The Labute approximate surface area is 145 Å². The van der Waals surface area contributed by atoms with Crippen molar-refractivity contribution in [1.29, 1.82) is 0 Å². The first-order chi connectivity index (χ1) is 11.7. The van der Waals surface area contributed by atoms with E-state index in [1.807, 2.05) is 37.0 Å². The van der Waals surface area contributed by atoms with Gasteiger partial charge in [-0.2, -0.15) is 5.10 Å². The highest BCUT2D eigenvalue weighted by atomic mass is 32.1. The summed E-state index contributed by atoms with van der Waals surface area (Å²) in [6, 6.07) is 6.21. The van der Waals surface area contributed by atoms with Crippen molar-refractivity contribution in [1.82, 2.24) is 19.7 Å². The van der Waals surface area contributed by atoms with Crippen molar-refractivity contribution in [2.24, 2.45) is 7.05 Å². The molecule has 24 heavy (non-hydrogen) atoms. The predicted molar refractivity (Wildman–Crippen MR) is 96.5 cm³/mol. The summed E-state index contributed by atoms with van der Waals surface area (Å²) in [5.74, 6) is 0.982. The number of piperidine rings is 1. The molecule has 0 atom stereocenters. The molecule has 0 bridgehead atoms. The summed E-state index contributed by atoms with van der Waals surface area (Å²) in [7, 11) is 2.02. The molecule has 0 aromatic carbocycles. The first-order valence-corrected chi connectivity index (χ1v) is 9.28. The lowest BCUT2D eigenvalue weighted by Crippen LogP contribution is -2.38. The van der Waals surface area contributed by atoms with Crippen molar-refractivity contribution in [2.45, 2.75) is 32.4 Å². The van der Waals surface area contributed by atoms with E-state index in [4.69, 9.17) is 4.74 Å². The lowest BCUT2D eigenvalue weighted by Gasteiger charge is -2.32. The second-order valence-corrected chi connectivity index (χ2v) is 7.35. The number of likely N-dealkylation sites (tertiary alicyclic amines) is 1. The maximum atomic E-state index is 6.28. The molecule has 1 fully saturated rings. The van der Waals surface area contributed by atoms with Crippen LogP contribution >= 0.6 is 11.3 Å². The molecule has 0 N–H and O–H groups in total. The number of rotatable bonds is 4. The lowest BCUT2D eigenvalue weighted by atomic mass is 10.1. The molecular formula is C18H22N4OS. The van der Waals surface area contributed by atoms with Crippen LogP contribution in [-0.2, 0) is 13.6 Å². The highest BCUT2D eigenvalue weighted by Crippen LogP contribution is 2.31. The van der Waals surface area contributed by atoms with E-state index in [9.17, 15) is 0 Å². The van der Waals surface area contributed by atoms with Gasteiger partial charge in [-0.15, -0.1) is 11.3 Å². The molecule has 0 spiro atoms. The largest absolute Gasteiger partial charge is 0.489 e. The fraction of sp³-hybridized carbons (Fsp3) is 0.444. The van der Waals surface area contributed by atoms with Crippen LogP contribution in [0.5, 0.6) is 5.75 Å². The summed E-state index contributed by atoms with van der Waals surface area (Å²) in [6.07, 6.45) is 4.25. The van der Waals surface area contributed by atoms with E-state index in [2.05, 4.69) is 26.4 Å². The van der Waals surface area contributed by atoms with Gasteiger partial charge in [0.25, 0.3) is 0 Å². The van der Waals surface area contributed by atoms with E-state index < -0.39 is 0 Å². The van der Waals surface area contributed by atoms with E-state index >= 15 is 0 Å². The van der Waals surface area contributed by atoms with Crippen LogP contribution < -0.4 is 4.74 Å². The van der Waals surface area contributed by atoms with Gasteiger partial charge < -0.3 is 4.74 Å². The van der Waals surface area contributed by atoms with Crippen LogP contribution in [0.3, 0.4) is 0 Å². The molecule has 3 aromatic heterocycles. The molecule has 1 aliphatic rings. The number of pyridine rings is 1. The highest BCUT2D eigenvalue weighted by Gasteiger charge is 2.22. The summed E-state index contributed by atoms with van der Waals surface area (Å²) in [5.41, 5.74) is 3.39. The van der Waals surface area contributed by atoms with Crippen LogP contribution in [-0.4, -0.2) is 38.9 Å². The number of hydrogen-bond acceptors (Lipinski definition) is 5. The van der Waals surface area contributed by atoms with Crippen molar-refractivity contribution in [2.75, 3.05) is 13.1 Å². The maximum absolute atomic E-state index is 6.28. The molecule has 1 saturated heterocycles. The summed E-state index contributed by atoms with van der Waals surface area (Å²) < 4.78 is 9.43. The Morgan fingerprint density at radius 1 is 1.29 bits per heavy atom. The number of hydrogen-bond donors (Lipinski definition) is 0. The van der Waals surface area contributed by atoms with Crippen molar-refractivity contribution in [3.8, 4) is 5.75 Å².